The predicted octanol–water partition coefficient (Wildman–Crippen LogP) is 0.230. The topological polar surface area (TPSA) is 46.2 Å². The molecule has 0 spiro atoms. The number of hydrogen-bond donors (Lipinski definition) is 2. The molecule has 0 amide bonds. The Bertz CT molecular complexity index is 59.1. The highest BCUT2D eigenvalue weighted by atomic mass is 16.3. The van der Waals surface area contributed by atoms with E-state index in [2.05, 4.69) is 0 Å². The quantitative estimate of drug-likeness (QED) is 0.523. The van der Waals surface area contributed by atoms with E-state index in [1.54, 1.807) is 13.0 Å². The summed E-state index contributed by atoms with van der Waals surface area (Å²) in [6.07, 6.45) is 3.55. The Hall–Kier alpha value is -0.500. The van der Waals surface area contributed by atoms with Crippen LogP contribution in [0.5, 0.6) is 0 Å². The summed E-state index contributed by atoms with van der Waals surface area (Å²) in [5.74, 6) is 0. The zero-order valence-corrected chi connectivity index (χ0v) is 4.46. The van der Waals surface area contributed by atoms with Crippen LogP contribution in [0.4, 0.5) is 0 Å². The second-order valence-electron chi connectivity index (χ2n) is 1.51. The van der Waals surface area contributed by atoms with Gasteiger partial charge in [-0.25, -0.2) is 0 Å². The van der Waals surface area contributed by atoms with Crippen LogP contribution in [0, 0.1) is 0 Å². The first-order valence-electron chi connectivity index (χ1n) is 2.32. The molecule has 0 aromatic heterocycles. The van der Waals surface area contributed by atoms with Gasteiger partial charge in [-0.1, -0.05) is 6.08 Å². The fourth-order valence-corrected chi connectivity index (χ4v) is 0.276. The lowest BCUT2D eigenvalue weighted by atomic mass is 10.3. The summed E-state index contributed by atoms with van der Waals surface area (Å²) in [5, 5.41) is 8.58. The molecule has 0 aliphatic carbocycles. The van der Waals surface area contributed by atoms with Gasteiger partial charge in [0.2, 0.25) is 0 Å². The van der Waals surface area contributed by atoms with Crippen LogP contribution in [-0.2, 0) is 0 Å². The second-order valence-corrected chi connectivity index (χ2v) is 1.51. The number of aliphatic hydroxyl groups is 1. The Morgan fingerprint density at radius 3 is 2.57 bits per heavy atom. The molecule has 0 fully saturated rings. The van der Waals surface area contributed by atoms with E-state index in [-0.39, 0.29) is 6.10 Å². The fraction of sp³-hybridized carbons (Fsp3) is 0.600. The van der Waals surface area contributed by atoms with Crippen molar-refractivity contribution in [2.75, 3.05) is 0 Å². The Kier molecular flexibility index (Phi) is 3.42. The molecule has 1 atom stereocenters. The molecule has 0 saturated heterocycles. The molecule has 0 aromatic carbocycles. The third-order valence-corrected chi connectivity index (χ3v) is 0.613. The highest BCUT2D eigenvalue weighted by molar-refractivity contribution is 4.77. The minimum Gasteiger partial charge on any atom is -0.405 e. The Morgan fingerprint density at radius 2 is 2.43 bits per heavy atom. The molecule has 3 N–H and O–H groups in total. The van der Waals surface area contributed by atoms with E-state index in [1.165, 1.54) is 6.20 Å². The van der Waals surface area contributed by atoms with Gasteiger partial charge in [-0.15, -0.1) is 0 Å². The summed E-state index contributed by atoms with van der Waals surface area (Å²) < 4.78 is 0. The molecular weight excluding hydrogens is 90.1 g/mol. The van der Waals surface area contributed by atoms with E-state index < -0.39 is 0 Å². The van der Waals surface area contributed by atoms with Gasteiger partial charge in [-0.3, -0.25) is 0 Å². The molecule has 0 aliphatic heterocycles. The smallest absolute Gasteiger partial charge is 0.0547 e. The summed E-state index contributed by atoms with van der Waals surface area (Å²) in [5.41, 5.74) is 4.99. The maximum atomic E-state index is 8.58. The number of aliphatic hydroxyl groups excluding tert-OH is 1. The van der Waals surface area contributed by atoms with E-state index in [4.69, 9.17) is 10.8 Å². The van der Waals surface area contributed by atoms with E-state index in [1.807, 2.05) is 0 Å². The normalized spacial score (nSPS) is 15.1. The molecule has 2 nitrogen and oxygen atoms in total. The van der Waals surface area contributed by atoms with Gasteiger partial charge >= 0.3 is 0 Å². The van der Waals surface area contributed by atoms with E-state index in [9.17, 15) is 0 Å². The zero-order valence-electron chi connectivity index (χ0n) is 4.46. The second kappa shape index (κ2) is 3.68. The van der Waals surface area contributed by atoms with Gasteiger partial charge in [-0.05, 0) is 19.5 Å². The molecule has 0 bridgehead atoms. The molecular formula is C5H11NO. The van der Waals surface area contributed by atoms with Crippen molar-refractivity contribution < 1.29 is 5.11 Å². The van der Waals surface area contributed by atoms with Gasteiger partial charge in [0.15, 0.2) is 0 Å². The molecule has 0 aliphatic rings. The van der Waals surface area contributed by atoms with Crippen LogP contribution in [0.25, 0.3) is 0 Å². The maximum Gasteiger partial charge on any atom is 0.0547 e. The highest BCUT2D eigenvalue weighted by Gasteiger charge is 1.85. The van der Waals surface area contributed by atoms with Crippen LogP contribution >= 0.6 is 0 Å². The minimum absolute atomic E-state index is 0.264. The summed E-state index contributed by atoms with van der Waals surface area (Å²) in [6.45, 7) is 1.72. The van der Waals surface area contributed by atoms with Gasteiger partial charge in [0, 0.05) is 0 Å². The highest BCUT2D eigenvalue weighted by Crippen LogP contribution is 1.87. The lowest BCUT2D eigenvalue weighted by Gasteiger charge is -1.93. The van der Waals surface area contributed by atoms with Gasteiger partial charge in [0.05, 0.1) is 6.10 Å². The zero-order chi connectivity index (χ0) is 5.70. The average Bonchev–Trinajstić information content (AvgIpc) is 1.61. The Balaban J connectivity index is 2.97. The van der Waals surface area contributed by atoms with Crippen molar-refractivity contribution in [3.8, 4) is 0 Å². The third-order valence-electron chi connectivity index (χ3n) is 0.613. The molecule has 0 saturated carbocycles. The monoisotopic (exact) mass is 101 g/mol. The van der Waals surface area contributed by atoms with Crippen molar-refractivity contribution >= 4 is 0 Å². The lowest BCUT2D eigenvalue weighted by molar-refractivity contribution is 0.198. The summed E-state index contributed by atoms with van der Waals surface area (Å²) in [4.78, 5) is 0. The van der Waals surface area contributed by atoms with E-state index in [0.29, 0.717) is 6.42 Å². The standard InChI is InChI=1S/C5H11NO/c1-5(7)3-2-4-6/h2,4-5,7H,3,6H2,1H3/b4-2+. The van der Waals surface area contributed by atoms with Gasteiger partial charge < -0.3 is 10.8 Å². The first-order valence-corrected chi connectivity index (χ1v) is 2.32. The summed E-state index contributed by atoms with van der Waals surface area (Å²) in [7, 11) is 0. The van der Waals surface area contributed by atoms with Crippen molar-refractivity contribution in [2.24, 2.45) is 5.73 Å². The Labute approximate surface area is 43.6 Å². The van der Waals surface area contributed by atoms with Crippen LogP contribution in [-0.4, -0.2) is 11.2 Å². The average molecular weight is 101 g/mol. The van der Waals surface area contributed by atoms with Crippen LogP contribution in [0.2, 0.25) is 0 Å². The van der Waals surface area contributed by atoms with E-state index in [0.717, 1.165) is 0 Å². The van der Waals surface area contributed by atoms with Gasteiger partial charge in [0.25, 0.3) is 0 Å². The number of rotatable bonds is 2. The van der Waals surface area contributed by atoms with Crippen molar-refractivity contribution in [3.05, 3.63) is 12.3 Å². The largest absolute Gasteiger partial charge is 0.405 e. The summed E-state index contributed by atoms with van der Waals surface area (Å²) in [6, 6.07) is 0. The first kappa shape index (κ1) is 6.50. The van der Waals surface area contributed by atoms with Crippen LogP contribution in [0.3, 0.4) is 0 Å². The molecule has 0 rings (SSSR count). The lowest BCUT2D eigenvalue weighted by Crippen LogP contribution is -1.95. The number of hydrogen-bond acceptors (Lipinski definition) is 2. The molecule has 7 heavy (non-hydrogen) atoms. The minimum atomic E-state index is -0.264. The molecule has 0 radical (unpaired) electrons. The Morgan fingerprint density at radius 1 is 1.86 bits per heavy atom. The van der Waals surface area contributed by atoms with Gasteiger partial charge in [0.1, 0.15) is 0 Å². The van der Waals surface area contributed by atoms with Crippen LogP contribution < -0.4 is 5.73 Å². The molecule has 2 heteroatoms. The molecule has 0 heterocycles. The summed E-state index contributed by atoms with van der Waals surface area (Å²) >= 11 is 0. The van der Waals surface area contributed by atoms with Crippen LogP contribution in [0.1, 0.15) is 13.3 Å². The predicted molar refractivity (Wildman–Crippen MR) is 29.6 cm³/mol. The van der Waals surface area contributed by atoms with Crippen molar-refractivity contribution in [2.45, 2.75) is 19.4 Å². The van der Waals surface area contributed by atoms with Crippen molar-refractivity contribution in [3.63, 3.8) is 0 Å². The molecule has 1 unspecified atom stereocenters. The molecule has 0 aromatic rings. The fourth-order valence-electron chi connectivity index (χ4n) is 0.276. The van der Waals surface area contributed by atoms with E-state index >= 15 is 0 Å². The first-order chi connectivity index (χ1) is 3.27. The number of nitrogens with two attached hydrogens (primary N) is 1. The van der Waals surface area contributed by atoms with Crippen molar-refractivity contribution in [1.29, 1.82) is 0 Å². The van der Waals surface area contributed by atoms with Gasteiger partial charge in [-0.2, -0.15) is 0 Å². The van der Waals surface area contributed by atoms with Crippen molar-refractivity contribution in [1.82, 2.24) is 0 Å². The SMILES string of the molecule is CC(O)C/C=C/N. The van der Waals surface area contributed by atoms with Crippen LogP contribution in [0.15, 0.2) is 12.3 Å². The molecule has 42 valence electrons. The third kappa shape index (κ3) is 5.50. The maximum absolute atomic E-state index is 8.58.